The van der Waals surface area contributed by atoms with E-state index in [2.05, 4.69) is 30.2 Å². The largest absolute Gasteiger partial charge is 0.508 e. The number of hydrogen-bond acceptors (Lipinski definition) is 6. The van der Waals surface area contributed by atoms with E-state index in [4.69, 9.17) is 0 Å². The summed E-state index contributed by atoms with van der Waals surface area (Å²) >= 11 is 3.18. The number of anilines is 1. The van der Waals surface area contributed by atoms with Crippen molar-refractivity contribution in [3.05, 3.63) is 53.1 Å². The lowest BCUT2D eigenvalue weighted by Crippen LogP contribution is -2.29. The minimum Gasteiger partial charge on any atom is -0.508 e. The van der Waals surface area contributed by atoms with Gasteiger partial charge in [-0.25, -0.2) is 0 Å². The molecule has 0 atom stereocenters. The molecule has 0 amide bonds. The van der Waals surface area contributed by atoms with Crippen molar-refractivity contribution in [2.75, 3.05) is 10.5 Å². The molecule has 4 N–H and O–H groups in total. The Morgan fingerprint density at radius 1 is 1.08 bits per heavy atom. The summed E-state index contributed by atoms with van der Waals surface area (Å²) in [5.74, 6) is 1.21. The molecule has 0 aromatic heterocycles. The maximum absolute atomic E-state index is 9.99. The molecule has 0 saturated carbocycles. The number of benzene rings is 2. The third kappa shape index (κ3) is 6.76. The Labute approximate surface area is 165 Å². The number of rotatable bonds is 8. The van der Waals surface area contributed by atoms with Crippen LogP contribution in [-0.2, 0) is 13.0 Å². The Bertz CT molecular complexity index is 730. The molecule has 0 spiro atoms. The molecule has 4 nitrogen and oxygen atoms in total. The van der Waals surface area contributed by atoms with Gasteiger partial charge in [-0.1, -0.05) is 30.1 Å². The van der Waals surface area contributed by atoms with Crippen molar-refractivity contribution >= 4 is 29.6 Å². The molecular formula is C20H28N2O2S2. The maximum Gasteiger partial charge on any atom is 0.119 e. The number of hydrogen-bond donors (Lipinski definition) is 4. The van der Waals surface area contributed by atoms with Crippen LogP contribution in [0.2, 0.25) is 0 Å². The Kier molecular flexibility index (Phi) is 7.70. The first-order valence-electron chi connectivity index (χ1n) is 8.62. The summed E-state index contributed by atoms with van der Waals surface area (Å²) in [7, 11) is 0. The summed E-state index contributed by atoms with van der Waals surface area (Å²) in [4.78, 5) is 1.05. The second kappa shape index (κ2) is 9.55. The fraction of sp³-hybridized carbons (Fsp3) is 0.400. The van der Waals surface area contributed by atoms with E-state index in [1.807, 2.05) is 37.3 Å². The number of aromatic hydroxyl groups is 1. The fourth-order valence-electron chi connectivity index (χ4n) is 2.22. The lowest BCUT2D eigenvalue weighted by atomic mass is 10.1. The molecule has 0 fully saturated rings. The van der Waals surface area contributed by atoms with Crippen molar-refractivity contribution in [3.63, 3.8) is 0 Å². The summed E-state index contributed by atoms with van der Waals surface area (Å²) in [5, 5.41) is 19.4. The third-order valence-electron chi connectivity index (χ3n) is 3.59. The van der Waals surface area contributed by atoms with E-state index in [9.17, 15) is 10.2 Å². The van der Waals surface area contributed by atoms with E-state index in [0.29, 0.717) is 5.75 Å². The van der Waals surface area contributed by atoms with E-state index in [-0.39, 0.29) is 12.1 Å². The van der Waals surface area contributed by atoms with E-state index < -0.39 is 0 Å². The second-order valence-electron chi connectivity index (χ2n) is 7.28. The number of aliphatic hydroxyl groups is 1. The van der Waals surface area contributed by atoms with Crippen molar-refractivity contribution in [1.82, 2.24) is 4.72 Å². The van der Waals surface area contributed by atoms with Gasteiger partial charge in [-0.05, 0) is 81.0 Å². The highest BCUT2D eigenvalue weighted by Gasteiger charge is 2.12. The zero-order valence-corrected chi connectivity index (χ0v) is 17.4. The number of aliphatic hydroxyl groups excluding tert-OH is 1. The molecule has 2 aromatic rings. The predicted molar refractivity (Wildman–Crippen MR) is 114 cm³/mol. The van der Waals surface area contributed by atoms with Crippen molar-refractivity contribution in [3.8, 4) is 5.75 Å². The van der Waals surface area contributed by atoms with E-state index in [1.165, 1.54) is 0 Å². The topological polar surface area (TPSA) is 64.5 Å². The summed E-state index contributed by atoms with van der Waals surface area (Å²) in [6.07, 6.45) is 0.793. The molecule has 2 rings (SSSR count). The van der Waals surface area contributed by atoms with Gasteiger partial charge in [-0.15, -0.1) is 0 Å². The van der Waals surface area contributed by atoms with Gasteiger partial charge in [0.05, 0.1) is 12.3 Å². The molecule has 0 aliphatic heterocycles. The van der Waals surface area contributed by atoms with Crippen molar-refractivity contribution in [2.24, 2.45) is 0 Å². The third-order valence-corrected chi connectivity index (χ3v) is 5.64. The van der Waals surface area contributed by atoms with Crippen LogP contribution in [0.15, 0.2) is 41.3 Å². The van der Waals surface area contributed by atoms with Crippen LogP contribution in [0.25, 0.3) is 0 Å². The van der Waals surface area contributed by atoms with Crippen molar-refractivity contribution < 1.29 is 10.2 Å². The minimum atomic E-state index is -0.00668. The second-order valence-corrected chi connectivity index (χ2v) is 9.02. The van der Waals surface area contributed by atoms with Gasteiger partial charge in [0, 0.05) is 16.2 Å². The summed E-state index contributed by atoms with van der Waals surface area (Å²) in [5.41, 5.74) is 3.93. The first-order valence-corrected chi connectivity index (χ1v) is 10.4. The van der Waals surface area contributed by atoms with Gasteiger partial charge >= 0.3 is 0 Å². The van der Waals surface area contributed by atoms with Crippen molar-refractivity contribution in [1.29, 1.82) is 0 Å². The number of nitrogens with one attached hydrogen (secondary N) is 2. The number of aryl methyl sites for hydroxylation is 2. The number of phenolic OH excluding ortho intramolecular Hbond substituents is 1. The van der Waals surface area contributed by atoms with Crippen LogP contribution in [0.4, 0.5) is 5.69 Å². The molecule has 0 heterocycles. The average Bonchev–Trinajstić information content (AvgIpc) is 2.58. The van der Waals surface area contributed by atoms with Crippen LogP contribution < -0.4 is 9.44 Å². The highest BCUT2D eigenvalue weighted by Crippen LogP contribution is 2.30. The Balaban J connectivity index is 1.95. The van der Waals surface area contributed by atoms with Crippen LogP contribution in [0.1, 0.15) is 37.5 Å². The molecular weight excluding hydrogens is 364 g/mol. The van der Waals surface area contributed by atoms with Gasteiger partial charge in [0.15, 0.2) is 0 Å². The van der Waals surface area contributed by atoms with Gasteiger partial charge in [0.25, 0.3) is 0 Å². The van der Waals surface area contributed by atoms with E-state index >= 15 is 0 Å². The first-order chi connectivity index (χ1) is 12.3. The summed E-state index contributed by atoms with van der Waals surface area (Å²) in [6.45, 7) is 8.35. The van der Waals surface area contributed by atoms with Crippen LogP contribution in [0.5, 0.6) is 5.75 Å². The number of phenols is 1. The predicted octanol–water partition coefficient (Wildman–Crippen LogP) is 4.89. The summed E-state index contributed by atoms with van der Waals surface area (Å²) in [6, 6.07) is 11.7. The van der Waals surface area contributed by atoms with Gasteiger partial charge < -0.3 is 14.9 Å². The molecule has 2 aromatic carbocycles. The Hall–Kier alpha value is -1.34. The quantitative estimate of drug-likeness (QED) is 0.379. The fourth-order valence-corrected chi connectivity index (χ4v) is 3.89. The van der Waals surface area contributed by atoms with E-state index in [0.717, 1.165) is 39.4 Å². The van der Waals surface area contributed by atoms with Gasteiger partial charge in [-0.3, -0.25) is 4.72 Å². The highest BCUT2D eigenvalue weighted by atomic mass is 32.2. The lowest BCUT2D eigenvalue weighted by Gasteiger charge is -2.21. The lowest BCUT2D eigenvalue weighted by molar-refractivity contribution is 0.281. The molecule has 0 bridgehead atoms. The van der Waals surface area contributed by atoms with Crippen LogP contribution in [0, 0.1) is 6.92 Å². The first kappa shape index (κ1) is 21.0. The normalized spacial score (nSPS) is 11.6. The minimum absolute atomic E-state index is 0.00668. The van der Waals surface area contributed by atoms with Gasteiger partial charge in [0.1, 0.15) is 5.75 Å². The monoisotopic (exact) mass is 392 g/mol. The van der Waals surface area contributed by atoms with Gasteiger partial charge in [-0.2, -0.15) is 0 Å². The zero-order valence-electron chi connectivity index (χ0n) is 15.8. The zero-order chi connectivity index (χ0) is 19.2. The maximum atomic E-state index is 9.99. The molecule has 142 valence electrons. The SMILES string of the molecule is Cc1ccc(CCSNc2ccc(CO)cc2SNC(C)(C)C)c(O)c1. The molecule has 0 radical (unpaired) electrons. The van der Waals surface area contributed by atoms with Crippen molar-refractivity contribution in [2.45, 2.75) is 51.2 Å². The average molecular weight is 393 g/mol. The van der Waals surface area contributed by atoms with Crippen LogP contribution >= 0.6 is 23.9 Å². The highest BCUT2D eigenvalue weighted by molar-refractivity contribution is 8.00. The molecule has 0 aliphatic carbocycles. The molecule has 0 aliphatic rings. The van der Waals surface area contributed by atoms with E-state index in [1.54, 1.807) is 30.0 Å². The standard InChI is InChI=1S/C20H28N2O2S2/c1-14-5-7-16(18(24)11-14)9-10-25-21-17-8-6-15(13-23)12-19(17)26-22-20(2,3)4/h5-8,11-12,21-24H,9-10,13H2,1-4H3. The molecule has 0 unspecified atom stereocenters. The van der Waals surface area contributed by atoms with Crippen LogP contribution in [0.3, 0.4) is 0 Å². The molecule has 6 heteroatoms. The van der Waals surface area contributed by atoms with Gasteiger partial charge in [0.2, 0.25) is 0 Å². The Morgan fingerprint density at radius 2 is 1.85 bits per heavy atom. The Morgan fingerprint density at radius 3 is 2.50 bits per heavy atom. The van der Waals surface area contributed by atoms with Crippen LogP contribution in [-0.4, -0.2) is 21.5 Å². The summed E-state index contributed by atoms with van der Waals surface area (Å²) < 4.78 is 6.81. The molecule has 0 saturated heterocycles. The smallest absolute Gasteiger partial charge is 0.119 e. The molecule has 26 heavy (non-hydrogen) atoms.